The molecule has 70 valence electrons. The Labute approximate surface area is 84.5 Å². The van der Waals surface area contributed by atoms with Crippen molar-refractivity contribution in [2.75, 3.05) is 7.05 Å². The molecule has 0 aromatic heterocycles. The van der Waals surface area contributed by atoms with Gasteiger partial charge in [0.05, 0.1) is 0 Å². The zero-order valence-electron chi connectivity index (χ0n) is 8.48. The van der Waals surface area contributed by atoms with Gasteiger partial charge in [-0.2, -0.15) is 0 Å². The number of hydrogen-bond acceptors (Lipinski definition) is 1. The van der Waals surface area contributed by atoms with Gasteiger partial charge in [-0.1, -0.05) is 11.6 Å². The fourth-order valence-corrected chi connectivity index (χ4v) is 1.69. The molecule has 0 amide bonds. The van der Waals surface area contributed by atoms with Crippen LogP contribution in [-0.2, 0) is 0 Å². The highest BCUT2D eigenvalue weighted by molar-refractivity contribution is 6.31. The van der Waals surface area contributed by atoms with Crippen molar-refractivity contribution in [3.8, 4) is 0 Å². The number of aliphatic imine (C=N–C) groups is 1. The zero-order chi connectivity index (χ0) is 10.0. The van der Waals surface area contributed by atoms with Crippen LogP contribution < -0.4 is 0 Å². The molecule has 0 aliphatic carbocycles. The molecule has 1 aromatic carbocycles. The van der Waals surface area contributed by atoms with Crippen LogP contribution in [0.5, 0.6) is 0 Å². The maximum Gasteiger partial charge on any atom is 0.0440 e. The molecular weight excluding hydrogens is 182 g/mol. The lowest BCUT2D eigenvalue weighted by Gasteiger charge is -2.09. The van der Waals surface area contributed by atoms with E-state index in [1.807, 2.05) is 19.2 Å². The van der Waals surface area contributed by atoms with E-state index in [9.17, 15) is 0 Å². The van der Waals surface area contributed by atoms with E-state index in [2.05, 4.69) is 18.8 Å². The van der Waals surface area contributed by atoms with Crippen LogP contribution in [0, 0.1) is 20.8 Å². The van der Waals surface area contributed by atoms with Gasteiger partial charge in [0.2, 0.25) is 0 Å². The van der Waals surface area contributed by atoms with Gasteiger partial charge in [0, 0.05) is 18.3 Å². The Bertz CT molecular complexity index is 354. The standard InChI is InChI=1S/C11H14ClN/c1-7-5-11(12)9(3)8(2)10(7)6-13-4/h5-6H,1-4H3. The molecule has 0 aliphatic rings. The van der Waals surface area contributed by atoms with Crippen LogP contribution in [0.3, 0.4) is 0 Å². The number of nitrogens with zero attached hydrogens (tertiary/aromatic N) is 1. The Balaban J connectivity index is 3.43. The van der Waals surface area contributed by atoms with E-state index < -0.39 is 0 Å². The highest BCUT2D eigenvalue weighted by Gasteiger charge is 2.06. The second-order valence-electron chi connectivity index (χ2n) is 3.23. The number of hydrogen-bond donors (Lipinski definition) is 0. The second-order valence-corrected chi connectivity index (χ2v) is 3.63. The number of benzene rings is 1. The van der Waals surface area contributed by atoms with Gasteiger partial charge in [-0.3, -0.25) is 4.99 Å². The molecule has 0 saturated heterocycles. The van der Waals surface area contributed by atoms with Crippen LogP contribution in [-0.4, -0.2) is 13.3 Å². The minimum absolute atomic E-state index is 0.836. The minimum atomic E-state index is 0.836. The van der Waals surface area contributed by atoms with Crippen molar-refractivity contribution in [3.05, 3.63) is 33.3 Å². The molecule has 0 unspecified atom stereocenters. The van der Waals surface area contributed by atoms with Gasteiger partial charge in [-0.25, -0.2) is 0 Å². The van der Waals surface area contributed by atoms with Crippen molar-refractivity contribution in [2.45, 2.75) is 20.8 Å². The Morgan fingerprint density at radius 2 is 1.85 bits per heavy atom. The summed E-state index contributed by atoms with van der Waals surface area (Å²) in [4.78, 5) is 4.03. The van der Waals surface area contributed by atoms with Gasteiger partial charge in [-0.15, -0.1) is 0 Å². The van der Waals surface area contributed by atoms with E-state index >= 15 is 0 Å². The van der Waals surface area contributed by atoms with Crippen molar-refractivity contribution in [1.29, 1.82) is 0 Å². The lowest BCUT2D eigenvalue weighted by atomic mass is 9.99. The number of rotatable bonds is 1. The van der Waals surface area contributed by atoms with Crippen LogP contribution >= 0.6 is 11.6 Å². The Kier molecular flexibility index (Phi) is 3.10. The van der Waals surface area contributed by atoms with E-state index in [0.717, 1.165) is 10.6 Å². The van der Waals surface area contributed by atoms with Gasteiger partial charge in [-0.05, 0) is 49.1 Å². The molecule has 0 N–H and O–H groups in total. The summed E-state index contributed by atoms with van der Waals surface area (Å²) in [7, 11) is 1.78. The summed E-state index contributed by atoms with van der Waals surface area (Å²) in [5, 5.41) is 0.836. The number of aryl methyl sites for hydroxylation is 1. The summed E-state index contributed by atoms with van der Waals surface area (Å²) in [6.45, 7) is 6.16. The number of halogens is 1. The summed E-state index contributed by atoms with van der Waals surface area (Å²) in [6.07, 6.45) is 1.88. The van der Waals surface area contributed by atoms with Crippen LogP contribution in [0.1, 0.15) is 22.3 Å². The highest BCUT2D eigenvalue weighted by Crippen LogP contribution is 2.24. The summed E-state index contributed by atoms with van der Waals surface area (Å²) < 4.78 is 0. The molecule has 0 aliphatic heterocycles. The molecule has 1 nitrogen and oxygen atoms in total. The molecule has 0 heterocycles. The van der Waals surface area contributed by atoms with Gasteiger partial charge >= 0.3 is 0 Å². The molecule has 0 bridgehead atoms. The van der Waals surface area contributed by atoms with Gasteiger partial charge in [0.25, 0.3) is 0 Å². The molecule has 0 spiro atoms. The molecule has 1 rings (SSSR count). The molecule has 0 radical (unpaired) electrons. The maximum atomic E-state index is 6.05. The average molecular weight is 196 g/mol. The maximum absolute atomic E-state index is 6.05. The first-order chi connectivity index (χ1) is 6.07. The first-order valence-corrected chi connectivity index (χ1v) is 4.64. The lowest BCUT2D eigenvalue weighted by Crippen LogP contribution is -1.95. The molecule has 13 heavy (non-hydrogen) atoms. The summed E-state index contributed by atoms with van der Waals surface area (Å²) >= 11 is 6.05. The van der Waals surface area contributed by atoms with E-state index in [1.165, 1.54) is 16.7 Å². The molecular formula is C11H14ClN. The average Bonchev–Trinajstić information content (AvgIpc) is 2.09. The second kappa shape index (κ2) is 3.93. The lowest BCUT2D eigenvalue weighted by molar-refractivity contribution is 1.28. The fraction of sp³-hybridized carbons (Fsp3) is 0.364. The third kappa shape index (κ3) is 1.92. The molecule has 0 saturated carbocycles. The summed E-state index contributed by atoms with van der Waals surface area (Å²) in [5.74, 6) is 0. The Morgan fingerprint density at radius 1 is 1.23 bits per heavy atom. The monoisotopic (exact) mass is 195 g/mol. The van der Waals surface area contributed by atoms with E-state index in [-0.39, 0.29) is 0 Å². The van der Waals surface area contributed by atoms with Crippen LogP contribution in [0.15, 0.2) is 11.1 Å². The van der Waals surface area contributed by atoms with Crippen LogP contribution in [0.4, 0.5) is 0 Å². The van der Waals surface area contributed by atoms with Crippen LogP contribution in [0.25, 0.3) is 0 Å². The van der Waals surface area contributed by atoms with E-state index in [1.54, 1.807) is 7.05 Å². The first-order valence-electron chi connectivity index (χ1n) is 4.26. The van der Waals surface area contributed by atoms with Gasteiger partial charge < -0.3 is 0 Å². The smallest absolute Gasteiger partial charge is 0.0440 e. The fourth-order valence-electron chi connectivity index (χ4n) is 1.38. The van der Waals surface area contributed by atoms with E-state index in [4.69, 9.17) is 11.6 Å². The van der Waals surface area contributed by atoms with Gasteiger partial charge in [0.15, 0.2) is 0 Å². The van der Waals surface area contributed by atoms with Crippen molar-refractivity contribution in [3.63, 3.8) is 0 Å². The SMILES string of the molecule is CN=Cc1c(C)cc(Cl)c(C)c1C. The van der Waals surface area contributed by atoms with E-state index in [0.29, 0.717) is 0 Å². The Hall–Kier alpha value is -0.820. The minimum Gasteiger partial charge on any atom is -0.296 e. The largest absolute Gasteiger partial charge is 0.296 e. The van der Waals surface area contributed by atoms with Crippen molar-refractivity contribution < 1.29 is 0 Å². The predicted octanol–water partition coefficient (Wildman–Crippen LogP) is 3.31. The van der Waals surface area contributed by atoms with Crippen molar-refractivity contribution >= 4 is 17.8 Å². The highest BCUT2D eigenvalue weighted by atomic mass is 35.5. The van der Waals surface area contributed by atoms with Crippen molar-refractivity contribution in [1.82, 2.24) is 0 Å². The zero-order valence-corrected chi connectivity index (χ0v) is 9.24. The normalized spacial score (nSPS) is 11.2. The molecule has 2 heteroatoms. The third-order valence-electron chi connectivity index (χ3n) is 2.35. The molecule has 1 aromatic rings. The van der Waals surface area contributed by atoms with Gasteiger partial charge in [0.1, 0.15) is 0 Å². The Morgan fingerprint density at radius 3 is 2.38 bits per heavy atom. The quantitative estimate of drug-likeness (QED) is 0.610. The van der Waals surface area contributed by atoms with Crippen LogP contribution in [0.2, 0.25) is 5.02 Å². The predicted molar refractivity (Wildman–Crippen MR) is 59.2 cm³/mol. The molecule has 0 fully saturated rings. The first kappa shape index (κ1) is 10.3. The summed E-state index contributed by atoms with van der Waals surface area (Å²) in [5.41, 5.74) is 4.72. The summed E-state index contributed by atoms with van der Waals surface area (Å²) in [6, 6.07) is 1.99. The third-order valence-corrected chi connectivity index (χ3v) is 2.74. The van der Waals surface area contributed by atoms with Crippen molar-refractivity contribution in [2.24, 2.45) is 4.99 Å². The molecule has 0 atom stereocenters. The topological polar surface area (TPSA) is 12.4 Å².